The van der Waals surface area contributed by atoms with E-state index in [0.717, 1.165) is 0 Å². The van der Waals surface area contributed by atoms with Gasteiger partial charge >= 0.3 is 7.25 Å². The molecular formula is C17H24BF4N2P. The van der Waals surface area contributed by atoms with E-state index >= 15 is 0 Å². The lowest BCUT2D eigenvalue weighted by molar-refractivity contribution is 0.368. The topological polar surface area (TPSA) is 6.48 Å². The molecule has 138 valence electrons. The minimum absolute atomic E-state index is 0.665. The predicted molar refractivity (Wildman–Crippen MR) is 105 cm³/mol. The summed E-state index contributed by atoms with van der Waals surface area (Å²) in [6, 6.07) is 17.9. The van der Waals surface area contributed by atoms with E-state index < -0.39 is 15.2 Å². The molecule has 8 heteroatoms. The molecule has 0 radical (unpaired) electrons. The van der Waals surface area contributed by atoms with Crippen LogP contribution in [0.4, 0.5) is 28.6 Å². The number of benzene rings is 2. The van der Waals surface area contributed by atoms with E-state index in [1.807, 2.05) is 0 Å². The Morgan fingerprint density at radius 2 is 0.880 bits per heavy atom. The summed E-state index contributed by atoms with van der Waals surface area (Å²) in [7, 11) is 1.64. The number of hydrogen-bond donors (Lipinski definition) is 0. The highest BCUT2D eigenvalue weighted by molar-refractivity contribution is 7.72. The Balaban J connectivity index is 0.000000550. The van der Waals surface area contributed by atoms with Crippen LogP contribution in [0.15, 0.2) is 48.5 Å². The van der Waals surface area contributed by atoms with Gasteiger partial charge in [-0.05, 0) is 48.5 Å². The van der Waals surface area contributed by atoms with Crippen molar-refractivity contribution >= 4 is 37.2 Å². The molecule has 0 aliphatic heterocycles. The van der Waals surface area contributed by atoms with Crippen LogP contribution < -0.4 is 20.4 Å². The van der Waals surface area contributed by atoms with Crippen LogP contribution in [0.25, 0.3) is 0 Å². The normalized spacial score (nSPS) is 11.0. The molecule has 0 aliphatic carbocycles. The molecule has 0 amide bonds. The number of nitrogens with zero attached hydrogens (tertiary/aromatic N) is 2. The Morgan fingerprint density at radius 3 is 1.08 bits per heavy atom. The molecule has 25 heavy (non-hydrogen) atoms. The van der Waals surface area contributed by atoms with Crippen LogP contribution >= 0.6 is 7.92 Å². The molecule has 0 atom stereocenters. The molecule has 0 spiro atoms. The van der Waals surface area contributed by atoms with E-state index in [1.165, 1.54) is 22.0 Å². The second kappa shape index (κ2) is 9.09. The average molecular weight is 374 g/mol. The van der Waals surface area contributed by atoms with Gasteiger partial charge in [-0.3, -0.25) is 0 Å². The van der Waals surface area contributed by atoms with Gasteiger partial charge in [-0.15, -0.1) is 0 Å². The third kappa shape index (κ3) is 7.78. The molecule has 2 aromatic carbocycles. The van der Waals surface area contributed by atoms with Gasteiger partial charge in [-0.1, -0.05) is 0 Å². The number of hydrogen-bond acceptors (Lipinski definition) is 2. The highest BCUT2D eigenvalue weighted by Crippen LogP contribution is 2.30. The summed E-state index contributed by atoms with van der Waals surface area (Å²) in [5, 5.41) is 2.91. The summed E-state index contributed by atoms with van der Waals surface area (Å²) in [4.78, 5) is 4.27. The van der Waals surface area contributed by atoms with Crippen LogP contribution in [0.2, 0.25) is 0 Å². The summed E-state index contributed by atoms with van der Waals surface area (Å²) in [5.74, 6) is 0. The zero-order valence-corrected chi connectivity index (χ0v) is 16.1. The first kappa shape index (κ1) is 21.3. The monoisotopic (exact) mass is 374 g/mol. The standard InChI is InChI=1S/C17H23N2P.BF4/c1-18(2)14-6-10-16(11-7-14)20(5)17-12-8-15(9-13-17)19(3)4;2-1(3,4)5/h6-13H,1-5H3;/q;-1/p+1. The van der Waals surface area contributed by atoms with Gasteiger partial charge in [0.05, 0.1) is 25.2 Å². The molecular weight excluding hydrogens is 350 g/mol. The number of rotatable bonds is 4. The SMILES string of the molecule is CN(C)c1ccc([PH+](C)c2ccc(N(C)C)cc2)cc1.F[B-](F)(F)F. The Labute approximate surface area is 148 Å². The van der Waals surface area contributed by atoms with Crippen LogP contribution in [0, 0.1) is 0 Å². The van der Waals surface area contributed by atoms with E-state index in [-0.39, 0.29) is 0 Å². The minimum atomic E-state index is -6.00. The van der Waals surface area contributed by atoms with Gasteiger partial charge in [0.25, 0.3) is 0 Å². The third-order valence-corrected chi connectivity index (χ3v) is 6.03. The molecule has 0 aromatic heterocycles. The summed E-state index contributed by atoms with van der Waals surface area (Å²) in [6.45, 7) is 2.36. The predicted octanol–water partition coefficient (Wildman–Crippen LogP) is 3.91. The average Bonchev–Trinajstić information content (AvgIpc) is 2.53. The Morgan fingerprint density at radius 1 is 0.640 bits per heavy atom. The molecule has 0 N–H and O–H groups in total. The maximum absolute atomic E-state index is 9.75. The van der Waals surface area contributed by atoms with Crippen LogP contribution in [0.5, 0.6) is 0 Å². The molecule has 0 heterocycles. The molecule has 0 fully saturated rings. The van der Waals surface area contributed by atoms with Crippen molar-refractivity contribution in [3.8, 4) is 0 Å². The molecule has 2 nitrogen and oxygen atoms in total. The Kier molecular flexibility index (Phi) is 7.75. The van der Waals surface area contributed by atoms with Crippen LogP contribution in [-0.4, -0.2) is 42.1 Å². The summed E-state index contributed by atoms with van der Waals surface area (Å²) in [6.07, 6.45) is 0. The quantitative estimate of drug-likeness (QED) is 0.455. The largest absolute Gasteiger partial charge is 0.673 e. The van der Waals surface area contributed by atoms with Crippen molar-refractivity contribution in [2.45, 2.75) is 0 Å². The fraction of sp³-hybridized carbons (Fsp3) is 0.294. The third-order valence-electron chi connectivity index (χ3n) is 3.63. The first-order valence-corrected chi connectivity index (χ1v) is 9.75. The van der Waals surface area contributed by atoms with Crippen molar-refractivity contribution < 1.29 is 17.3 Å². The maximum atomic E-state index is 9.75. The molecule has 0 aliphatic rings. The van der Waals surface area contributed by atoms with Crippen LogP contribution in [0.3, 0.4) is 0 Å². The zero-order valence-electron chi connectivity index (χ0n) is 15.1. The lowest BCUT2D eigenvalue weighted by Crippen LogP contribution is -2.14. The maximum Gasteiger partial charge on any atom is 0.673 e. The van der Waals surface area contributed by atoms with Crippen LogP contribution in [0.1, 0.15) is 0 Å². The first-order chi connectivity index (χ1) is 11.5. The smallest absolute Gasteiger partial charge is 0.418 e. The first-order valence-electron chi connectivity index (χ1n) is 7.75. The molecule has 2 rings (SSSR count). The molecule has 0 bridgehead atoms. The highest BCUT2D eigenvalue weighted by atomic mass is 31.1. The van der Waals surface area contributed by atoms with Gasteiger partial charge in [-0.25, -0.2) is 0 Å². The molecule has 0 unspecified atom stereocenters. The van der Waals surface area contributed by atoms with Crippen molar-refractivity contribution in [2.75, 3.05) is 44.7 Å². The second-order valence-electron chi connectivity index (χ2n) is 6.00. The van der Waals surface area contributed by atoms with Crippen molar-refractivity contribution in [3.05, 3.63) is 48.5 Å². The van der Waals surface area contributed by atoms with Gasteiger partial charge in [-0.2, -0.15) is 0 Å². The fourth-order valence-electron chi connectivity index (χ4n) is 2.19. The van der Waals surface area contributed by atoms with Crippen molar-refractivity contribution in [1.82, 2.24) is 0 Å². The summed E-state index contributed by atoms with van der Waals surface area (Å²) in [5.41, 5.74) is 2.51. The van der Waals surface area contributed by atoms with E-state index in [9.17, 15) is 17.3 Å². The Hall–Kier alpha value is -1.75. The van der Waals surface area contributed by atoms with E-state index in [0.29, 0.717) is 0 Å². The lowest BCUT2D eigenvalue weighted by Gasteiger charge is -2.14. The van der Waals surface area contributed by atoms with Crippen molar-refractivity contribution in [1.29, 1.82) is 0 Å². The molecule has 2 aromatic rings. The second-order valence-corrected chi connectivity index (χ2v) is 8.41. The molecule has 0 saturated carbocycles. The van der Waals surface area contributed by atoms with Gasteiger partial charge in [0, 0.05) is 39.6 Å². The Bertz CT molecular complexity index is 586. The van der Waals surface area contributed by atoms with E-state index in [1.54, 1.807) is 0 Å². The molecule has 0 saturated heterocycles. The van der Waals surface area contributed by atoms with Crippen LogP contribution in [-0.2, 0) is 0 Å². The van der Waals surface area contributed by atoms with Crippen molar-refractivity contribution in [2.24, 2.45) is 0 Å². The van der Waals surface area contributed by atoms with E-state index in [2.05, 4.69) is 93.2 Å². The van der Waals surface area contributed by atoms with Gasteiger partial charge < -0.3 is 27.1 Å². The van der Waals surface area contributed by atoms with E-state index in [4.69, 9.17) is 0 Å². The van der Waals surface area contributed by atoms with Gasteiger partial charge in [0.2, 0.25) is 0 Å². The number of halogens is 4. The number of anilines is 2. The van der Waals surface area contributed by atoms with Gasteiger partial charge in [0.15, 0.2) is 0 Å². The summed E-state index contributed by atoms with van der Waals surface area (Å²) >= 11 is 0. The summed E-state index contributed by atoms with van der Waals surface area (Å²) < 4.78 is 39.0. The minimum Gasteiger partial charge on any atom is -0.418 e. The lowest BCUT2D eigenvalue weighted by atomic mass is 10.3. The van der Waals surface area contributed by atoms with Gasteiger partial charge in [0.1, 0.15) is 0 Å². The fourth-order valence-corrected chi connectivity index (χ4v) is 3.85. The zero-order chi connectivity index (χ0) is 19.2. The highest BCUT2D eigenvalue weighted by Gasteiger charge is 2.20. The van der Waals surface area contributed by atoms with Crippen molar-refractivity contribution in [3.63, 3.8) is 0 Å².